The maximum atomic E-state index is 11.7. The van der Waals surface area contributed by atoms with E-state index in [0.29, 0.717) is 18.3 Å². The standard InChI is InChI=1S/2C6H8F6.2C6H11F3.2C6H14.C5H6F6.2C5H9F3.2C5H12/c1-4(6(10,11)12)2-3-5(7,8)9;1-2-3-4(5(7,8)9)6(10,11)12;1-3-4-5(2)6(7,8)9;1-2-3-4-5-6(7,8)9;1-5-6(2,3)4;1-5(2)6(3)4;1-3(2,4(6,7)8)5(9,10)11;1-4(2,3)5(6,7)8;1-3-4(2)5(6,7)8;1-4-5(2)3;1-3-5-4-2/h2*4H,2-3H2,1H3;5H,3-4H2,1-2H3;2-5H2,1H3;5H2,1-4H3;5-6H,1-4H3;1-2H3;1-3H3;4H,3H2,1-2H3;5H,4H2,1-3H3;3-5H2,1-2H3/t4-;;5-;;;;;;;;/m0.0......../s1. The molecule has 0 spiro atoms. The summed E-state index contributed by atoms with van der Waals surface area (Å²) in [5.41, 5.74) is -4.65. The fraction of sp³-hybridized carbons (Fsp3) is 1.00. The summed E-state index contributed by atoms with van der Waals surface area (Å²) in [6.45, 7) is 42.2. The monoisotopic (exact) mass is 1420 g/mol. The van der Waals surface area contributed by atoms with Crippen LogP contribution in [0, 0.1) is 57.7 Å². The fourth-order valence-corrected chi connectivity index (χ4v) is 3.26. The van der Waals surface area contributed by atoms with Gasteiger partial charge in [0.25, 0.3) is 0 Å². The highest BCUT2D eigenvalue weighted by atomic mass is 19.5. The molecule has 0 radical (unpaired) electrons. The van der Waals surface area contributed by atoms with E-state index in [1.807, 2.05) is 6.92 Å². The number of halogens is 30. The van der Waals surface area contributed by atoms with Crippen molar-refractivity contribution < 1.29 is 132 Å². The molecule has 0 fully saturated rings. The summed E-state index contributed by atoms with van der Waals surface area (Å²) in [5.74, 6) is -4.76. The van der Waals surface area contributed by atoms with Crippen molar-refractivity contribution in [3.8, 4) is 0 Å². The minimum absolute atomic E-state index is 0.104. The molecule has 1 unspecified atom stereocenters. The molecule has 91 heavy (non-hydrogen) atoms. The molecule has 0 N–H and O–H groups in total. The molecule has 0 aliphatic rings. The molecular weight excluding hydrogens is 1300 g/mol. The van der Waals surface area contributed by atoms with Crippen molar-refractivity contribution in [3.63, 3.8) is 0 Å². The maximum absolute atomic E-state index is 11.7. The maximum Gasteiger partial charge on any atom is 0.402 e. The summed E-state index contributed by atoms with van der Waals surface area (Å²) in [4.78, 5) is 0. The van der Waals surface area contributed by atoms with E-state index in [1.165, 1.54) is 59.8 Å². The van der Waals surface area contributed by atoms with E-state index in [0.717, 1.165) is 51.9 Å². The lowest BCUT2D eigenvalue weighted by Crippen LogP contribution is -2.44. The number of hydrogen-bond donors (Lipinski definition) is 0. The van der Waals surface area contributed by atoms with Crippen LogP contribution in [0.2, 0.25) is 0 Å². The predicted molar refractivity (Wildman–Crippen MR) is 308 cm³/mol. The van der Waals surface area contributed by atoms with Crippen LogP contribution in [0.1, 0.15) is 276 Å². The van der Waals surface area contributed by atoms with Crippen molar-refractivity contribution in [3.05, 3.63) is 0 Å². The minimum Gasteiger partial charge on any atom is -0.171 e. The molecule has 0 aromatic heterocycles. The third kappa shape index (κ3) is 87.9. The van der Waals surface area contributed by atoms with Crippen LogP contribution in [-0.2, 0) is 0 Å². The third-order valence-electron chi connectivity index (χ3n) is 12.5. The molecule has 0 nitrogen and oxygen atoms in total. The van der Waals surface area contributed by atoms with E-state index < -0.39 is 122 Å². The van der Waals surface area contributed by atoms with Crippen molar-refractivity contribution in [2.24, 2.45) is 57.7 Å². The number of alkyl halides is 30. The quantitative estimate of drug-likeness (QED) is 0.120. The van der Waals surface area contributed by atoms with Gasteiger partial charge in [-0.1, -0.05) is 217 Å². The molecule has 0 aliphatic heterocycles. The molecule has 0 bridgehead atoms. The van der Waals surface area contributed by atoms with Crippen LogP contribution < -0.4 is 0 Å². The Hall–Kier alpha value is -2.10. The van der Waals surface area contributed by atoms with Crippen LogP contribution in [0.25, 0.3) is 0 Å². The van der Waals surface area contributed by atoms with Gasteiger partial charge in [0.05, 0.1) is 23.2 Å². The molecule has 0 amide bonds. The van der Waals surface area contributed by atoms with Gasteiger partial charge in [0.1, 0.15) is 0 Å². The second kappa shape index (κ2) is 52.1. The number of rotatable bonds is 14. The van der Waals surface area contributed by atoms with Gasteiger partial charge in [-0.3, -0.25) is 0 Å². The molecule has 0 saturated heterocycles. The number of hydrogen-bond acceptors (Lipinski definition) is 0. The first-order valence-corrected chi connectivity index (χ1v) is 30.2. The highest BCUT2D eigenvalue weighted by Gasteiger charge is 2.64. The lowest BCUT2D eigenvalue weighted by atomic mass is 9.92. The Morgan fingerprint density at radius 2 is 0.527 bits per heavy atom. The highest BCUT2D eigenvalue weighted by Crippen LogP contribution is 2.49. The first kappa shape index (κ1) is 113. The Kier molecular flexibility index (Phi) is 64.8. The number of unbranched alkanes of at least 4 members (excludes halogenated alkanes) is 4. The Balaban J connectivity index is -0.0000000869. The summed E-state index contributed by atoms with van der Waals surface area (Å²) in [7, 11) is 0. The fourth-order valence-electron chi connectivity index (χ4n) is 3.26. The van der Waals surface area contributed by atoms with Gasteiger partial charge in [-0.2, -0.15) is 132 Å². The minimum atomic E-state index is -5.24. The van der Waals surface area contributed by atoms with Gasteiger partial charge in [0.15, 0.2) is 11.3 Å². The molecule has 3 atom stereocenters. The van der Waals surface area contributed by atoms with Gasteiger partial charge < -0.3 is 0 Å². The van der Waals surface area contributed by atoms with Gasteiger partial charge >= 0.3 is 61.8 Å². The van der Waals surface area contributed by atoms with Gasteiger partial charge in [-0.25, -0.2) is 0 Å². The van der Waals surface area contributed by atoms with E-state index in [9.17, 15) is 132 Å². The Morgan fingerprint density at radius 3 is 0.615 bits per heavy atom. The highest BCUT2D eigenvalue weighted by molar-refractivity contribution is 4.84. The topological polar surface area (TPSA) is 0 Å². The molecule has 0 saturated carbocycles. The zero-order valence-electron chi connectivity index (χ0n) is 58.2. The van der Waals surface area contributed by atoms with Crippen molar-refractivity contribution in [2.75, 3.05) is 0 Å². The SMILES string of the molecule is CC(C)(C(F)(F)F)C(F)(F)F.CC(C)(C)C(F)(F)F.CC(C)C(C)C.CCC(C)(C)C.CCC(C)C.CCC(C)C(F)(F)F.CCCC(C(F)(F)F)C(F)(F)F.CCCCC.CCCCCC(F)(F)F.CCC[C@H](C)C(F)(F)F.C[C@@H](CCC(F)(F)F)C(F)(F)F. The largest absolute Gasteiger partial charge is 0.402 e. The van der Waals surface area contributed by atoms with Gasteiger partial charge in [-0.15, -0.1) is 0 Å². The summed E-state index contributed by atoms with van der Waals surface area (Å²) in [6.07, 6.45) is -40.3. The van der Waals surface area contributed by atoms with Crippen molar-refractivity contribution in [1.82, 2.24) is 0 Å². The van der Waals surface area contributed by atoms with Gasteiger partial charge in [-0.05, 0) is 69.1 Å². The second-order valence-electron chi connectivity index (χ2n) is 25.1. The summed E-state index contributed by atoms with van der Waals surface area (Å²) in [5, 5.41) is 0. The van der Waals surface area contributed by atoms with E-state index in [4.69, 9.17) is 0 Å². The van der Waals surface area contributed by atoms with Crippen molar-refractivity contribution >= 4 is 0 Å². The zero-order chi connectivity index (χ0) is 76.9. The average Bonchev–Trinajstić information content (AvgIpc) is 3.31. The first-order chi connectivity index (χ1) is 39.5. The third-order valence-corrected chi connectivity index (χ3v) is 12.5. The lowest BCUT2D eigenvalue weighted by molar-refractivity contribution is -0.327. The normalized spacial score (nSPS) is 13.7. The molecule has 568 valence electrons. The molecule has 0 rings (SSSR count). The summed E-state index contributed by atoms with van der Waals surface area (Å²) < 4.78 is 347. The van der Waals surface area contributed by atoms with E-state index in [2.05, 4.69) is 90.0 Å². The van der Waals surface area contributed by atoms with Crippen LogP contribution >= 0.6 is 0 Å². The van der Waals surface area contributed by atoms with E-state index in [-0.39, 0.29) is 39.5 Å². The summed E-state index contributed by atoms with van der Waals surface area (Å²) in [6, 6.07) is 0. The Labute approximate surface area is 526 Å². The van der Waals surface area contributed by atoms with Crippen LogP contribution in [-0.4, -0.2) is 61.8 Å². The Morgan fingerprint density at radius 1 is 0.275 bits per heavy atom. The van der Waals surface area contributed by atoms with Gasteiger partial charge in [0, 0.05) is 12.8 Å². The van der Waals surface area contributed by atoms with E-state index in [1.54, 1.807) is 6.92 Å². The van der Waals surface area contributed by atoms with E-state index >= 15 is 0 Å². The predicted octanol–water partition coefficient (Wildman–Crippen LogP) is 30.5. The molecule has 0 aromatic carbocycles. The summed E-state index contributed by atoms with van der Waals surface area (Å²) >= 11 is 0. The van der Waals surface area contributed by atoms with Crippen molar-refractivity contribution in [2.45, 2.75) is 338 Å². The molecule has 0 aliphatic carbocycles. The molecule has 0 heterocycles. The van der Waals surface area contributed by atoms with Crippen LogP contribution in [0.3, 0.4) is 0 Å². The zero-order valence-corrected chi connectivity index (χ0v) is 58.2. The van der Waals surface area contributed by atoms with Gasteiger partial charge in [0.2, 0.25) is 0 Å². The molecule has 30 heteroatoms. The van der Waals surface area contributed by atoms with Crippen LogP contribution in [0.5, 0.6) is 0 Å². The molecular formula is C61H114F30. The van der Waals surface area contributed by atoms with Crippen LogP contribution in [0.15, 0.2) is 0 Å². The first-order valence-electron chi connectivity index (χ1n) is 30.2. The second-order valence-corrected chi connectivity index (χ2v) is 25.1. The molecule has 0 aromatic rings. The van der Waals surface area contributed by atoms with Crippen LogP contribution in [0.4, 0.5) is 132 Å². The average molecular weight is 1420 g/mol. The Bertz CT molecular complexity index is 1480. The van der Waals surface area contributed by atoms with Crippen molar-refractivity contribution in [1.29, 1.82) is 0 Å². The smallest absolute Gasteiger partial charge is 0.171 e. The lowest BCUT2D eigenvalue weighted by Gasteiger charge is -2.29.